The Kier molecular flexibility index (Phi) is 2.80. The van der Waals surface area contributed by atoms with Crippen molar-refractivity contribution in [3.63, 3.8) is 0 Å². The SMILES string of the molecule is CC1=NC(=O)C2=C(CC(F)(F)F)CC(=O)OC2=N1. The average molecular weight is 260 g/mol. The molecule has 0 aliphatic carbocycles. The predicted octanol–water partition coefficient (Wildman–Crippen LogP) is 1.54. The third-order valence-electron chi connectivity index (χ3n) is 2.29. The fraction of sp³-hybridized carbons (Fsp3) is 0.400. The van der Waals surface area contributed by atoms with Crippen LogP contribution >= 0.6 is 0 Å². The van der Waals surface area contributed by atoms with Crippen molar-refractivity contribution in [2.24, 2.45) is 9.98 Å². The molecule has 1 amide bonds. The van der Waals surface area contributed by atoms with Crippen molar-refractivity contribution >= 4 is 23.6 Å². The molecule has 0 aromatic heterocycles. The molecular formula is C10H7F3N2O3. The number of hydrogen-bond acceptors (Lipinski definition) is 4. The number of ether oxygens (including phenoxy) is 1. The molecule has 0 fully saturated rings. The molecule has 2 aliphatic rings. The third kappa shape index (κ3) is 2.47. The minimum Gasteiger partial charge on any atom is -0.406 e. The van der Waals surface area contributed by atoms with E-state index in [4.69, 9.17) is 0 Å². The van der Waals surface area contributed by atoms with Crippen LogP contribution in [0, 0.1) is 0 Å². The van der Waals surface area contributed by atoms with Crippen molar-refractivity contribution in [1.29, 1.82) is 0 Å². The molecule has 0 aromatic rings. The summed E-state index contributed by atoms with van der Waals surface area (Å²) in [5.41, 5.74) is -0.698. The summed E-state index contributed by atoms with van der Waals surface area (Å²) in [6, 6.07) is 0. The Morgan fingerprint density at radius 1 is 1.28 bits per heavy atom. The normalized spacial score (nSPS) is 20.2. The van der Waals surface area contributed by atoms with Gasteiger partial charge in [0.2, 0.25) is 5.90 Å². The number of carbonyl (C=O) groups is 2. The Bertz CT molecular complexity index is 529. The number of nitrogens with zero attached hydrogens (tertiary/aromatic N) is 2. The number of halogens is 3. The topological polar surface area (TPSA) is 68.1 Å². The number of amides is 1. The zero-order valence-corrected chi connectivity index (χ0v) is 9.17. The van der Waals surface area contributed by atoms with Crippen molar-refractivity contribution < 1.29 is 27.5 Å². The maximum atomic E-state index is 12.4. The first-order valence-corrected chi connectivity index (χ1v) is 4.94. The van der Waals surface area contributed by atoms with Gasteiger partial charge in [-0.15, -0.1) is 0 Å². The summed E-state index contributed by atoms with van der Waals surface area (Å²) in [6.45, 7) is 1.38. The van der Waals surface area contributed by atoms with Gasteiger partial charge in [0, 0.05) is 0 Å². The van der Waals surface area contributed by atoms with Crippen LogP contribution in [0.3, 0.4) is 0 Å². The zero-order valence-electron chi connectivity index (χ0n) is 9.17. The highest BCUT2D eigenvalue weighted by atomic mass is 19.4. The van der Waals surface area contributed by atoms with Crippen molar-refractivity contribution in [3.05, 3.63) is 11.1 Å². The summed E-state index contributed by atoms with van der Waals surface area (Å²) in [5, 5.41) is 0. The van der Waals surface area contributed by atoms with Gasteiger partial charge in [0.25, 0.3) is 5.91 Å². The highest BCUT2D eigenvalue weighted by molar-refractivity contribution is 6.29. The van der Waals surface area contributed by atoms with Crippen molar-refractivity contribution in [2.45, 2.75) is 25.9 Å². The van der Waals surface area contributed by atoms with E-state index in [0.717, 1.165) is 0 Å². The van der Waals surface area contributed by atoms with Crippen LogP contribution in [0.15, 0.2) is 21.1 Å². The molecule has 0 saturated carbocycles. The van der Waals surface area contributed by atoms with E-state index in [1.54, 1.807) is 0 Å². The summed E-state index contributed by atoms with van der Waals surface area (Å²) in [4.78, 5) is 29.8. The Labute approximate surface area is 99.0 Å². The second-order valence-electron chi connectivity index (χ2n) is 3.80. The summed E-state index contributed by atoms with van der Waals surface area (Å²) in [7, 11) is 0. The minimum atomic E-state index is -4.51. The first kappa shape index (κ1) is 12.5. The lowest BCUT2D eigenvalue weighted by atomic mass is 9.98. The van der Waals surface area contributed by atoms with Crippen molar-refractivity contribution in [1.82, 2.24) is 0 Å². The number of aliphatic imine (C=N–C) groups is 2. The van der Waals surface area contributed by atoms with Crippen LogP contribution in [-0.2, 0) is 14.3 Å². The highest BCUT2D eigenvalue weighted by Gasteiger charge is 2.38. The maximum absolute atomic E-state index is 12.4. The smallest absolute Gasteiger partial charge is 0.392 e. The molecule has 0 saturated heterocycles. The second-order valence-corrected chi connectivity index (χ2v) is 3.80. The van der Waals surface area contributed by atoms with Gasteiger partial charge in [0.05, 0.1) is 12.8 Å². The molecule has 0 spiro atoms. The monoisotopic (exact) mass is 260 g/mol. The molecule has 0 N–H and O–H groups in total. The van der Waals surface area contributed by atoms with Gasteiger partial charge in [-0.25, -0.2) is 0 Å². The summed E-state index contributed by atoms with van der Waals surface area (Å²) >= 11 is 0. The highest BCUT2D eigenvalue weighted by Crippen LogP contribution is 2.32. The van der Waals surface area contributed by atoms with Crippen LogP contribution < -0.4 is 0 Å². The fourth-order valence-corrected chi connectivity index (χ4v) is 1.70. The van der Waals surface area contributed by atoms with Gasteiger partial charge in [0.15, 0.2) is 0 Å². The minimum absolute atomic E-state index is 0.0415. The van der Waals surface area contributed by atoms with Crippen molar-refractivity contribution in [2.75, 3.05) is 0 Å². The Balaban J connectivity index is 2.48. The predicted molar refractivity (Wildman–Crippen MR) is 54.0 cm³/mol. The molecule has 0 aromatic carbocycles. The molecular weight excluding hydrogens is 253 g/mol. The van der Waals surface area contributed by atoms with E-state index in [2.05, 4.69) is 14.7 Å². The first-order chi connectivity index (χ1) is 8.26. The number of alkyl halides is 3. The van der Waals surface area contributed by atoms with Crippen LogP contribution in [0.25, 0.3) is 0 Å². The molecule has 5 nitrogen and oxygen atoms in total. The number of carbonyl (C=O) groups excluding carboxylic acids is 2. The Morgan fingerprint density at radius 2 is 1.94 bits per heavy atom. The quantitative estimate of drug-likeness (QED) is 0.671. The summed E-state index contributed by atoms with van der Waals surface area (Å²) in [5.74, 6) is -2.06. The molecule has 96 valence electrons. The average Bonchev–Trinajstić information content (AvgIpc) is 2.11. The van der Waals surface area contributed by atoms with Crippen LogP contribution in [0.4, 0.5) is 13.2 Å². The van der Waals surface area contributed by atoms with Gasteiger partial charge in [-0.2, -0.15) is 23.2 Å². The van der Waals surface area contributed by atoms with E-state index in [9.17, 15) is 22.8 Å². The van der Waals surface area contributed by atoms with Gasteiger partial charge in [-0.1, -0.05) is 0 Å². The number of esters is 1. The lowest BCUT2D eigenvalue weighted by Gasteiger charge is -2.22. The largest absolute Gasteiger partial charge is 0.406 e. The van der Waals surface area contributed by atoms with Crippen LogP contribution in [0.5, 0.6) is 0 Å². The van der Waals surface area contributed by atoms with Gasteiger partial charge in [0.1, 0.15) is 11.4 Å². The molecule has 18 heavy (non-hydrogen) atoms. The van der Waals surface area contributed by atoms with E-state index in [-0.39, 0.29) is 22.9 Å². The van der Waals surface area contributed by atoms with E-state index in [0.29, 0.717) is 0 Å². The molecule has 2 aliphatic heterocycles. The zero-order chi connectivity index (χ0) is 13.5. The molecule has 0 radical (unpaired) electrons. The van der Waals surface area contributed by atoms with E-state index in [1.807, 2.05) is 0 Å². The lowest BCUT2D eigenvalue weighted by Crippen LogP contribution is -2.31. The second kappa shape index (κ2) is 4.04. The standard InChI is InChI=1S/C10H7F3N2O3/c1-4-14-8(17)7-5(3-10(11,12)13)2-6(16)18-9(7)15-4/h2-3H2,1H3. The molecule has 0 atom stereocenters. The fourth-order valence-electron chi connectivity index (χ4n) is 1.70. The Hall–Kier alpha value is -1.99. The van der Waals surface area contributed by atoms with Gasteiger partial charge >= 0.3 is 12.1 Å². The van der Waals surface area contributed by atoms with Gasteiger partial charge in [-0.05, 0) is 12.5 Å². The van der Waals surface area contributed by atoms with Gasteiger partial charge in [-0.3, -0.25) is 9.59 Å². The molecule has 0 bridgehead atoms. The first-order valence-electron chi connectivity index (χ1n) is 4.94. The number of rotatable bonds is 1. The summed E-state index contributed by atoms with van der Waals surface area (Å²) in [6.07, 6.45) is -6.44. The molecule has 8 heteroatoms. The number of hydrogen-bond donors (Lipinski definition) is 0. The molecule has 0 unspecified atom stereocenters. The maximum Gasteiger partial charge on any atom is 0.392 e. The number of amidine groups is 1. The van der Waals surface area contributed by atoms with E-state index >= 15 is 0 Å². The lowest BCUT2D eigenvalue weighted by molar-refractivity contribution is -0.137. The third-order valence-corrected chi connectivity index (χ3v) is 2.29. The molecule has 2 rings (SSSR count). The van der Waals surface area contributed by atoms with Crippen molar-refractivity contribution in [3.8, 4) is 0 Å². The van der Waals surface area contributed by atoms with Gasteiger partial charge < -0.3 is 4.74 Å². The van der Waals surface area contributed by atoms with Crippen LogP contribution in [-0.4, -0.2) is 29.8 Å². The van der Waals surface area contributed by atoms with E-state index < -0.39 is 30.9 Å². The van der Waals surface area contributed by atoms with Crippen LogP contribution in [0.1, 0.15) is 19.8 Å². The number of fused-ring (bicyclic) bond motifs is 1. The molecule has 2 heterocycles. The Morgan fingerprint density at radius 3 is 2.56 bits per heavy atom. The van der Waals surface area contributed by atoms with E-state index in [1.165, 1.54) is 6.92 Å². The summed E-state index contributed by atoms with van der Waals surface area (Å²) < 4.78 is 41.7. The van der Waals surface area contributed by atoms with Crippen LogP contribution in [0.2, 0.25) is 0 Å².